The second kappa shape index (κ2) is 6.99. The second-order valence-electron chi connectivity index (χ2n) is 9.02. The normalized spacial score (nSPS) is 35.7. The minimum absolute atomic E-state index is 0.0187. The molecule has 0 spiro atoms. The molecule has 1 aromatic carbocycles. The summed E-state index contributed by atoms with van der Waals surface area (Å²) in [6, 6.07) is 6.81. The number of fused-ring (bicyclic) bond motifs is 1. The van der Waals surface area contributed by atoms with Crippen LogP contribution in [0.1, 0.15) is 65.0 Å². The van der Waals surface area contributed by atoms with Gasteiger partial charge >= 0.3 is 0 Å². The fourth-order valence-corrected chi connectivity index (χ4v) is 5.48. The zero-order chi connectivity index (χ0) is 19.1. The van der Waals surface area contributed by atoms with Crippen molar-refractivity contribution in [1.82, 2.24) is 0 Å². The minimum Gasteiger partial charge on any atom is -0.508 e. The van der Waals surface area contributed by atoms with Gasteiger partial charge in [0.25, 0.3) is 0 Å². The molecule has 1 aromatic rings. The first-order chi connectivity index (χ1) is 12.2. The molecule has 0 heterocycles. The Morgan fingerprint density at radius 1 is 1.15 bits per heavy atom. The van der Waals surface area contributed by atoms with E-state index in [4.69, 9.17) is 4.89 Å². The molecule has 0 amide bonds. The lowest BCUT2D eigenvalue weighted by atomic mass is 9.62. The highest BCUT2D eigenvalue weighted by atomic mass is 17.1. The first-order valence-corrected chi connectivity index (χ1v) is 9.68. The Balaban J connectivity index is 2.08. The fourth-order valence-electron chi connectivity index (χ4n) is 5.48. The van der Waals surface area contributed by atoms with E-state index >= 15 is 0 Å². The van der Waals surface area contributed by atoms with Gasteiger partial charge in [0, 0.05) is 5.92 Å². The van der Waals surface area contributed by atoms with Crippen molar-refractivity contribution in [3.05, 3.63) is 41.5 Å². The van der Waals surface area contributed by atoms with E-state index < -0.39 is 11.7 Å². The SMILES string of the molecule is CC1=CC[C@@]2(C)CC[C@@](O)(C(C)C)[C@@H]2[C@@H](C(OO)c2ccc(O)cc2)C1. The van der Waals surface area contributed by atoms with Crippen molar-refractivity contribution in [1.29, 1.82) is 0 Å². The van der Waals surface area contributed by atoms with E-state index in [1.165, 1.54) is 5.57 Å². The molecule has 0 radical (unpaired) electrons. The summed E-state index contributed by atoms with van der Waals surface area (Å²) in [4.78, 5) is 5.03. The molecule has 3 rings (SSSR count). The lowest BCUT2D eigenvalue weighted by Gasteiger charge is -2.46. The summed E-state index contributed by atoms with van der Waals surface area (Å²) >= 11 is 0. The van der Waals surface area contributed by atoms with Crippen LogP contribution in [-0.2, 0) is 4.89 Å². The van der Waals surface area contributed by atoms with Crippen molar-refractivity contribution in [2.24, 2.45) is 23.2 Å². The van der Waals surface area contributed by atoms with E-state index in [1.807, 2.05) is 0 Å². The first kappa shape index (κ1) is 19.4. The summed E-state index contributed by atoms with van der Waals surface area (Å²) in [6.45, 7) is 8.56. The Labute approximate surface area is 156 Å². The van der Waals surface area contributed by atoms with Gasteiger partial charge < -0.3 is 10.2 Å². The standard InChI is InChI=1S/C22H32O4/c1-14(2)22(24)12-11-21(4)10-9-15(3)13-18(20(21)22)19(26-25)16-5-7-17(23)8-6-16/h5-9,14,18-20,23-25H,10-13H2,1-4H3/t18-,19?,20-,21+,22-/m1/s1. The third-order valence-corrected chi connectivity index (χ3v) is 7.01. The van der Waals surface area contributed by atoms with Crippen LogP contribution in [0.2, 0.25) is 0 Å². The van der Waals surface area contributed by atoms with E-state index in [0.29, 0.717) is 0 Å². The van der Waals surface area contributed by atoms with Gasteiger partial charge in [0.05, 0.1) is 5.60 Å². The lowest BCUT2D eigenvalue weighted by Crippen LogP contribution is -2.48. The minimum atomic E-state index is -0.772. The zero-order valence-corrected chi connectivity index (χ0v) is 16.3. The van der Waals surface area contributed by atoms with Gasteiger partial charge in [-0.05, 0) is 67.6 Å². The Bertz CT molecular complexity index is 665. The van der Waals surface area contributed by atoms with Crippen molar-refractivity contribution >= 4 is 0 Å². The van der Waals surface area contributed by atoms with E-state index in [-0.39, 0.29) is 28.9 Å². The molecular formula is C22H32O4. The van der Waals surface area contributed by atoms with Crippen molar-refractivity contribution in [2.75, 3.05) is 0 Å². The number of phenolic OH excluding ortho intramolecular Hbond substituents is 1. The summed E-state index contributed by atoms with van der Waals surface area (Å²) in [5, 5.41) is 31.1. The highest BCUT2D eigenvalue weighted by Gasteiger charge is 2.59. The topological polar surface area (TPSA) is 69.9 Å². The molecule has 1 fully saturated rings. The molecule has 0 aliphatic heterocycles. The summed E-state index contributed by atoms with van der Waals surface area (Å²) in [5.74, 6) is 0.305. The maximum Gasteiger partial charge on any atom is 0.121 e. The molecule has 0 saturated heterocycles. The zero-order valence-electron chi connectivity index (χ0n) is 16.3. The van der Waals surface area contributed by atoms with E-state index in [2.05, 4.69) is 33.8 Å². The highest BCUT2D eigenvalue weighted by molar-refractivity contribution is 5.29. The van der Waals surface area contributed by atoms with Crippen molar-refractivity contribution < 1.29 is 20.4 Å². The number of hydrogen-bond donors (Lipinski definition) is 3. The van der Waals surface area contributed by atoms with E-state index in [0.717, 1.165) is 31.2 Å². The third kappa shape index (κ3) is 3.19. The second-order valence-corrected chi connectivity index (χ2v) is 9.02. The summed E-state index contributed by atoms with van der Waals surface area (Å²) < 4.78 is 0. The quantitative estimate of drug-likeness (QED) is 0.398. The molecular weight excluding hydrogens is 328 g/mol. The Morgan fingerprint density at radius 3 is 2.38 bits per heavy atom. The van der Waals surface area contributed by atoms with Crippen LogP contribution in [0, 0.1) is 23.2 Å². The highest BCUT2D eigenvalue weighted by Crippen LogP contribution is 2.61. The molecule has 2 aliphatic carbocycles. The van der Waals surface area contributed by atoms with Gasteiger partial charge in [-0.2, -0.15) is 0 Å². The molecule has 3 N–H and O–H groups in total. The summed E-state index contributed by atoms with van der Waals surface area (Å²) in [6.07, 6.45) is 5.24. The number of aromatic hydroxyl groups is 1. The third-order valence-electron chi connectivity index (χ3n) is 7.01. The number of rotatable bonds is 4. The number of allylic oxidation sites excluding steroid dienone is 2. The first-order valence-electron chi connectivity index (χ1n) is 9.68. The molecule has 1 unspecified atom stereocenters. The van der Waals surface area contributed by atoms with Gasteiger partial charge in [-0.15, -0.1) is 0 Å². The maximum absolute atomic E-state index is 11.6. The van der Waals surface area contributed by atoms with Crippen molar-refractivity contribution in [3.8, 4) is 5.75 Å². The average molecular weight is 360 g/mol. The lowest BCUT2D eigenvalue weighted by molar-refractivity contribution is -0.304. The Kier molecular flexibility index (Phi) is 5.22. The van der Waals surface area contributed by atoms with Crippen LogP contribution in [0.25, 0.3) is 0 Å². The van der Waals surface area contributed by atoms with Crippen molar-refractivity contribution in [2.45, 2.75) is 65.1 Å². The number of aliphatic hydroxyl groups is 1. The largest absolute Gasteiger partial charge is 0.508 e. The van der Waals surface area contributed by atoms with Gasteiger partial charge in [0.15, 0.2) is 0 Å². The number of hydrogen-bond acceptors (Lipinski definition) is 4. The van der Waals surface area contributed by atoms with Gasteiger partial charge in [0.1, 0.15) is 11.9 Å². The Hall–Kier alpha value is -1.36. The van der Waals surface area contributed by atoms with Crippen LogP contribution in [0.4, 0.5) is 0 Å². The number of phenols is 1. The molecule has 0 aromatic heterocycles. The van der Waals surface area contributed by atoms with Gasteiger partial charge in [-0.3, -0.25) is 5.26 Å². The molecule has 0 bridgehead atoms. The summed E-state index contributed by atoms with van der Waals surface area (Å²) in [5.41, 5.74) is 1.31. The van der Waals surface area contributed by atoms with Crippen LogP contribution in [0.3, 0.4) is 0 Å². The van der Waals surface area contributed by atoms with Crippen LogP contribution in [0.15, 0.2) is 35.9 Å². The molecule has 1 saturated carbocycles. The smallest absolute Gasteiger partial charge is 0.121 e. The maximum atomic E-state index is 11.6. The summed E-state index contributed by atoms with van der Waals surface area (Å²) in [7, 11) is 0. The van der Waals surface area contributed by atoms with Gasteiger partial charge in [0.2, 0.25) is 0 Å². The molecule has 26 heavy (non-hydrogen) atoms. The molecule has 144 valence electrons. The van der Waals surface area contributed by atoms with Crippen molar-refractivity contribution in [3.63, 3.8) is 0 Å². The molecule has 4 nitrogen and oxygen atoms in total. The van der Waals surface area contributed by atoms with Crippen LogP contribution in [-0.4, -0.2) is 21.1 Å². The van der Waals surface area contributed by atoms with E-state index in [9.17, 15) is 15.5 Å². The predicted octanol–water partition coefficient (Wildman–Crippen LogP) is 5.08. The predicted molar refractivity (Wildman–Crippen MR) is 102 cm³/mol. The monoisotopic (exact) mass is 360 g/mol. The van der Waals surface area contributed by atoms with Gasteiger partial charge in [-0.25, -0.2) is 4.89 Å². The molecule has 4 heteroatoms. The molecule has 2 aliphatic rings. The fraction of sp³-hybridized carbons (Fsp3) is 0.636. The van der Waals surface area contributed by atoms with Gasteiger partial charge in [-0.1, -0.05) is 44.6 Å². The number of benzene rings is 1. The van der Waals surface area contributed by atoms with Crippen LogP contribution < -0.4 is 0 Å². The Morgan fingerprint density at radius 2 is 1.81 bits per heavy atom. The van der Waals surface area contributed by atoms with Crippen LogP contribution >= 0.6 is 0 Å². The molecule has 5 atom stereocenters. The average Bonchev–Trinajstić information content (AvgIpc) is 2.79. The van der Waals surface area contributed by atoms with Crippen LogP contribution in [0.5, 0.6) is 5.75 Å². The van der Waals surface area contributed by atoms with E-state index in [1.54, 1.807) is 24.3 Å².